The molecule has 3 unspecified atom stereocenters. The van der Waals surface area contributed by atoms with Crippen molar-refractivity contribution in [2.75, 3.05) is 0 Å². The summed E-state index contributed by atoms with van der Waals surface area (Å²) in [5, 5.41) is 0. The molecule has 0 spiro atoms. The van der Waals surface area contributed by atoms with Crippen LogP contribution in [0.2, 0.25) is 0 Å². The first-order chi connectivity index (χ1) is 6.15. The van der Waals surface area contributed by atoms with Crippen LogP contribution in [0.1, 0.15) is 44.1 Å². The lowest BCUT2D eigenvalue weighted by Crippen LogP contribution is -2.32. The molecule has 2 bridgehead atoms. The van der Waals surface area contributed by atoms with Gasteiger partial charge in [-0.15, -0.1) is 0 Å². The lowest BCUT2D eigenvalue weighted by Gasteiger charge is -2.32. The minimum absolute atomic E-state index is 0.288. The molecule has 1 nitrogen and oxygen atoms in total. The second-order valence-electron chi connectivity index (χ2n) is 4.44. The van der Waals surface area contributed by atoms with Crippen LogP contribution in [0.5, 0.6) is 0 Å². The van der Waals surface area contributed by atoms with Gasteiger partial charge < -0.3 is 0 Å². The molecule has 62 valence electrons. The molecule has 1 heteroatoms. The van der Waals surface area contributed by atoms with Crippen molar-refractivity contribution in [1.82, 2.24) is 0 Å². The van der Waals surface area contributed by atoms with Gasteiger partial charge in [0.2, 0.25) is 0 Å². The summed E-state index contributed by atoms with van der Waals surface area (Å²) < 4.78 is 23.4. The van der Waals surface area contributed by atoms with Gasteiger partial charge in [0.15, 0.2) is 0 Å². The van der Waals surface area contributed by atoms with Gasteiger partial charge in [-0.05, 0) is 24.2 Å². The molecule has 0 saturated heterocycles. The van der Waals surface area contributed by atoms with Crippen LogP contribution in [0.15, 0.2) is 0 Å². The second-order valence-corrected chi connectivity index (χ2v) is 4.44. The summed E-state index contributed by atoms with van der Waals surface area (Å²) >= 11 is 0. The van der Waals surface area contributed by atoms with E-state index in [-0.39, 0.29) is 11.2 Å². The molecule has 0 aromatic carbocycles. The highest BCUT2D eigenvalue weighted by Gasteiger charge is 2.61. The number of Topliss-reactive ketones (excluding diaryl/α,β-unsaturated/α-hetero) is 1. The van der Waals surface area contributed by atoms with Crippen molar-refractivity contribution in [3.8, 4) is 0 Å². The first-order valence-electron chi connectivity index (χ1n) is 5.70. The zero-order valence-corrected chi connectivity index (χ0v) is 7.27. The molecule has 0 heterocycles. The third-order valence-electron chi connectivity index (χ3n) is 3.75. The monoisotopic (exact) mass is 155 g/mol. The van der Waals surface area contributed by atoms with Gasteiger partial charge in [-0.3, -0.25) is 4.79 Å². The molecular weight excluding hydrogens is 136 g/mol. The average Bonchev–Trinajstić information content (AvgIpc) is 2.21. The van der Waals surface area contributed by atoms with E-state index >= 15 is 0 Å². The largest absolute Gasteiger partial charge is 0.299 e. The Kier molecular flexibility index (Phi) is 0.717. The van der Waals surface area contributed by atoms with Gasteiger partial charge in [-0.25, -0.2) is 0 Å². The molecule has 0 amide bonds. The molecule has 0 aliphatic heterocycles. The predicted octanol–water partition coefficient (Wildman–Crippen LogP) is 2.40. The normalized spacial score (nSPS) is 62.1. The summed E-state index contributed by atoms with van der Waals surface area (Å²) in [5.74, 6) is -0.726. The Bertz CT molecular complexity index is 310. The van der Waals surface area contributed by atoms with Crippen LogP contribution in [0.4, 0.5) is 0 Å². The lowest BCUT2D eigenvalue weighted by molar-refractivity contribution is -0.128. The highest BCUT2D eigenvalue weighted by molar-refractivity contribution is 5.89. The molecule has 11 heavy (non-hydrogen) atoms. The van der Waals surface area contributed by atoms with E-state index in [1.807, 2.05) is 20.8 Å². The van der Waals surface area contributed by atoms with E-state index in [1.54, 1.807) is 0 Å². The smallest absolute Gasteiger partial charge is 0.139 e. The molecule has 3 atom stereocenters. The fourth-order valence-corrected chi connectivity index (χ4v) is 2.18. The summed E-state index contributed by atoms with van der Waals surface area (Å²) in [5.41, 5.74) is -1.01. The maximum Gasteiger partial charge on any atom is 0.139 e. The standard InChI is InChI=1S/C10H16O/c1-9(2)7-4-5-10(9,3)8(11)6-7/h7H,4-6H2,1-3H3/i4D,6D2. The Morgan fingerprint density at radius 1 is 1.55 bits per heavy atom. The number of hydrogen-bond donors (Lipinski definition) is 0. The third kappa shape index (κ3) is 0.605. The van der Waals surface area contributed by atoms with Gasteiger partial charge in [0.25, 0.3) is 0 Å². The highest BCUT2D eigenvalue weighted by atomic mass is 16.1. The van der Waals surface area contributed by atoms with Gasteiger partial charge in [0.1, 0.15) is 5.78 Å². The first kappa shape index (κ1) is 4.64. The third-order valence-corrected chi connectivity index (χ3v) is 3.75. The first-order valence-corrected chi connectivity index (χ1v) is 4.13. The van der Waals surface area contributed by atoms with Crippen LogP contribution in [-0.4, -0.2) is 5.78 Å². The van der Waals surface area contributed by atoms with Crippen molar-refractivity contribution in [2.45, 2.75) is 40.0 Å². The Morgan fingerprint density at radius 2 is 2.18 bits per heavy atom. The SMILES string of the molecule is [2H]C1CC2(C)C(=O)C([2H])([2H])C1C2(C)C. The maximum absolute atomic E-state index is 11.9. The van der Waals surface area contributed by atoms with Crippen LogP contribution in [0, 0.1) is 16.7 Å². The van der Waals surface area contributed by atoms with Crippen molar-refractivity contribution in [1.29, 1.82) is 0 Å². The van der Waals surface area contributed by atoms with Crippen LogP contribution >= 0.6 is 0 Å². The molecule has 2 saturated carbocycles. The van der Waals surface area contributed by atoms with E-state index in [1.165, 1.54) is 0 Å². The minimum atomic E-state index is -1.79. The Balaban J connectivity index is 2.61. The maximum atomic E-state index is 11.9. The second kappa shape index (κ2) is 1.70. The molecule has 0 radical (unpaired) electrons. The zero-order valence-electron chi connectivity index (χ0n) is 10.3. The fourth-order valence-electron chi connectivity index (χ4n) is 2.18. The van der Waals surface area contributed by atoms with Crippen LogP contribution in [0.25, 0.3) is 0 Å². The Labute approximate surface area is 72.4 Å². The van der Waals surface area contributed by atoms with Gasteiger partial charge >= 0.3 is 0 Å². The number of rotatable bonds is 0. The summed E-state index contributed by atoms with van der Waals surface area (Å²) in [6.45, 7) is 5.67. The molecule has 2 aliphatic carbocycles. The fraction of sp³-hybridized carbons (Fsp3) is 0.900. The summed E-state index contributed by atoms with van der Waals surface area (Å²) in [6.07, 6.45) is -1.70. The number of hydrogen-bond acceptors (Lipinski definition) is 1. The van der Waals surface area contributed by atoms with Gasteiger partial charge in [0.05, 0.1) is 0 Å². The molecule has 2 rings (SSSR count). The van der Waals surface area contributed by atoms with Crippen molar-refractivity contribution < 1.29 is 8.91 Å². The molecule has 2 aliphatic rings. The van der Waals surface area contributed by atoms with Crippen molar-refractivity contribution in [2.24, 2.45) is 16.7 Å². The molecule has 0 N–H and O–H groups in total. The van der Waals surface area contributed by atoms with Gasteiger partial charge in [-0.1, -0.05) is 20.8 Å². The average molecular weight is 155 g/mol. The number of carbonyl (C=O) groups excluding carboxylic acids is 1. The summed E-state index contributed by atoms with van der Waals surface area (Å²) in [4.78, 5) is 11.9. The number of carbonyl (C=O) groups is 1. The van der Waals surface area contributed by atoms with Crippen LogP contribution < -0.4 is 0 Å². The Morgan fingerprint density at radius 3 is 2.55 bits per heavy atom. The topological polar surface area (TPSA) is 17.1 Å². The number of ketones is 1. The van der Waals surface area contributed by atoms with Crippen molar-refractivity contribution in [3.63, 3.8) is 0 Å². The zero-order chi connectivity index (χ0) is 10.9. The van der Waals surface area contributed by atoms with Gasteiger partial charge in [-0.2, -0.15) is 0 Å². The van der Waals surface area contributed by atoms with E-state index < -0.39 is 24.1 Å². The van der Waals surface area contributed by atoms with Gasteiger partial charge in [0, 0.05) is 15.9 Å². The summed E-state index contributed by atoms with van der Waals surface area (Å²) in [6, 6.07) is 0. The Hall–Kier alpha value is -0.330. The number of fused-ring (bicyclic) bond motifs is 2. The van der Waals surface area contributed by atoms with E-state index in [0.29, 0.717) is 6.42 Å². The lowest BCUT2D eigenvalue weighted by atomic mass is 9.70. The van der Waals surface area contributed by atoms with E-state index in [2.05, 4.69) is 0 Å². The summed E-state index contributed by atoms with van der Waals surface area (Å²) in [7, 11) is 0. The van der Waals surface area contributed by atoms with E-state index in [0.717, 1.165) is 0 Å². The molecular formula is C10H16O. The highest BCUT2D eigenvalue weighted by Crippen LogP contribution is 2.63. The van der Waals surface area contributed by atoms with Crippen LogP contribution in [-0.2, 0) is 4.79 Å². The predicted molar refractivity (Wildman–Crippen MR) is 44.2 cm³/mol. The molecule has 2 fully saturated rings. The van der Waals surface area contributed by atoms with Crippen molar-refractivity contribution >= 4 is 5.78 Å². The van der Waals surface area contributed by atoms with E-state index in [9.17, 15) is 4.79 Å². The minimum Gasteiger partial charge on any atom is -0.299 e. The van der Waals surface area contributed by atoms with E-state index in [4.69, 9.17) is 4.11 Å². The van der Waals surface area contributed by atoms with Crippen LogP contribution in [0.3, 0.4) is 0 Å². The molecule has 0 aromatic rings. The van der Waals surface area contributed by atoms with Crippen molar-refractivity contribution in [3.05, 3.63) is 0 Å². The quantitative estimate of drug-likeness (QED) is 0.525. The molecule has 0 aromatic heterocycles.